The molecule has 0 aliphatic carbocycles. The van der Waals surface area contributed by atoms with Crippen LogP contribution in [0.3, 0.4) is 0 Å². The van der Waals surface area contributed by atoms with Crippen molar-refractivity contribution in [2.45, 2.75) is 71.9 Å². The first-order valence-electron chi connectivity index (χ1n) is 7.31. The molecule has 1 rings (SSSR count). The molecule has 0 spiro atoms. The molecule has 1 amide bonds. The topological polar surface area (TPSA) is 32.3 Å². The lowest BCUT2D eigenvalue weighted by Crippen LogP contribution is -2.43. The lowest BCUT2D eigenvalue weighted by atomic mass is 9.87. The molecule has 106 valence electrons. The van der Waals surface area contributed by atoms with E-state index in [-0.39, 0.29) is 17.4 Å². The number of carbonyl (C=O) groups excluding carboxylic acids is 1. The Hall–Kier alpha value is -0.570. The fourth-order valence-corrected chi connectivity index (χ4v) is 2.44. The molecule has 1 aliphatic heterocycles. The minimum atomic E-state index is 0.146. The molecule has 1 heterocycles. The van der Waals surface area contributed by atoms with Crippen LogP contribution in [0.25, 0.3) is 0 Å². The second kappa shape index (κ2) is 6.55. The van der Waals surface area contributed by atoms with Crippen molar-refractivity contribution in [2.75, 3.05) is 13.6 Å². The van der Waals surface area contributed by atoms with Gasteiger partial charge in [-0.15, -0.1) is 0 Å². The summed E-state index contributed by atoms with van der Waals surface area (Å²) in [5.74, 6) is 0.282. The van der Waals surface area contributed by atoms with Crippen molar-refractivity contribution in [1.82, 2.24) is 10.2 Å². The van der Waals surface area contributed by atoms with E-state index in [0.717, 1.165) is 13.0 Å². The first kappa shape index (κ1) is 15.5. The number of nitrogens with one attached hydrogen (secondary N) is 1. The second-order valence-corrected chi connectivity index (χ2v) is 6.73. The average Bonchev–Trinajstić information content (AvgIpc) is 2.34. The van der Waals surface area contributed by atoms with Crippen molar-refractivity contribution in [3.05, 3.63) is 0 Å². The maximum atomic E-state index is 12.2. The summed E-state index contributed by atoms with van der Waals surface area (Å²) in [5, 5.41) is 3.50. The van der Waals surface area contributed by atoms with Gasteiger partial charge in [0.2, 0.25) is 5.91 Å². The van der Waals surface area contributed by atoms with Crippen molar-refractivity contribution in [3.8, 4) is 0 Å². The van der Waals surface area contributed by atoms with Gasteiger partial charge in [-0.05, 0) is 38.1 Å². The Labute approximate surface area is 112 Å². The molecule has 3 nitrogen and oxygen atoms in total. The van der Waals surface area contributed by atoms with E-state index in [0.29, 0.717) is 12.5 Å². The van der Waals surface area contributed by atoms with Crippen LogP contribution < -0.4 is 5.32 Å². The smallest absolute Gasteiger partial charge is 0.222 e. The third kappa shape index (κ3) is 4.60. The van der Waals surface area contributed by atoms with E-state index in [9.17, 15) is 4.79 Å². The molecular formula is C15H30N2O. The number of piperidine rings is 1. The van der Waals surface area contributed by atoms with Crippen LogP contribution in [0.2, 0.25) is 0 Å². The molecule has 1 N–H and O–H groups in total. The number of carbonyl (C=O) groups is 1. The van der Waals surface area contributed by atoms with E-state index in [1.807, 2.05) is 11.9 Å². The Kier molecular flexibility index (Phi) is 5.64. The minimum absolute atomic E-state index is 0.146. The maximum absolute atomic E-state index is 12.2. The van der Waals surface area contributed by atoms with Crippen LogP contribution in [0.4, 0.5) is 0 Å². The van der Waals surface area contributed by atoms with E-state index >= 15 is 0 Å². The zero-order valence-corrected chi connectivity index (χ0v) is 12.8. The molecule has 0 bridgehead atoms. The van der Waals surface area contributed by atoms with E-state index in [1.54, 1.807) is 0 Å². The van der Waals surface area contributed by atoms with Crippen LogP contribution in [0.5, 0.6) is 0 Å². The van der Waals surface area contributed by atoms with Crippen molar-refractivity contribution < 1.29 is 4.79 Å². The van der Waals surface area contributed by atoms with Crippen LogP contribution in [0, 0.1) is 5.41 Å². The zero-order valence-electron chi connectivity index (χ0n) is 12.8. The molecule has 0 aromatic carbocycles. The van der Waals surface area contributed by atoms with Gasteiger partial charge in [0.05, 0.1) is 0 Å². The summed E-state index contributed by atoms with van der Waals surface area (Å²) in [5.41, 5.74) is 0.146. The molecule has 18 heavy (non-hydrogen) atoms. The number of amides is 1. The van der Waals surface area contributed by atoms with Crippen molar-refractivity contribution in [2.24, 2.45) is 5.41 Å². The molecular weight excluding hydrogens is 224 g/mol. The van der Waals surface area contributed by atoms with E-state index in [2.05, 4.69) is 33.0 Å². The summed E-state index contributed by atoms with van der Waals surface area (Å²) in [6.45, 7) is 9.81. The third-order valence-electron chi connectivity index (χ3n) is 4.35. The molecule has 0 saturated carbocycles. The molecule has 0 aromatic heterocycles. The quantitative estimate of drug-likeness (QED) is 0.836. The van der Waals surface area contributed by atoms with Crippen LogP contribution in [-0.2, 0) is 4.79 Å². The summed E-state index contributed by atoms with van der Waals surface area (Å²) in [4.78, 5) is 14.1. The molecule has 0 radical (unpaired) electrons. The van der Waals surface area contributed by atoms with Gasteiger partial charge in [-0.2, -0.15) is 0 Å². The van der Waals surface area contributed by atoms with Gasteiger partial charge in [-0.1, -0.05) is 27.2 Å². The van der Waals surface area contributed by atoms with Crippen molar-refractivity contribution >= 4 is 5.91 Å². The molecule has 3 heteroatoms. The largest absolute Gasteiger partial charge is 0.343 e. The molecule has 1 aliphatic rings. The summed E-state index contributed by atoms with van der Waals surface area (Å²) >= 11 is 0. The first-order chi connectivity index (χ1) is 8.32. The lowest BCUT2D eigenvalue weighted by molar-refractivity contribution is -0.133. The summed E-state index contributed by atoms with van der Waals surface area (Å²) in [6.07, 6.45) is 5.48. The molecule has 2 unspecified atom stereocenters. The normalized spacial score (nSPS) is 22.6. The van der Waals surface area contributed by atoms with Crippen LogP contribution >= 0.6 is 0 Å². The molecule has 2 atom stereocenters. The summed E-state index contributed by atoms with van der Waals surface area (Å²) in [7, 11) is 1.94. The third-order valence-corrected chi connectivity index (χ3v) is 4.35. The highest BCUT2D eigenvalue weighted by Gasteiger charge is 2.27. The Bertz CT molecular complexity index is 264. The lowest BCUT2D eigenvalue weighted by Gasteiger charge is -2.35. The Balaban J connectivity index is 2.35. The van der Waals surface area contributed by atoms with Gasteiger partial charge < -0.3 is 10.2 Å². The van der Waals surface area contributed by atoms with E-state index < -0.39 is 0 Å². The highest BCUT2D eigenvalue weighted by atomic mass is 16.2. The van der Waals surface area contributed by atoms with Gasteiger partial charge in [-0.3, -0.25) is 4.79 Å². The van der Waals surface area contributed by atoms with Crippen LogP contribution in [0.15, 0.2) is 0 Å². The van der Waals surface area contributed by atoms with Gasteiger partial charge in [0.25, 0.3) is 0 Å². The van der Waals surface area contributed by atoms with Gasteiger partial charge >= 0.3 is 0 Å². The average molecular weight is 254 g/mol. The fraction of sp³-hybridized carbons (Fsp3) is 0.933. The predicted molar refractivity (Wildman–Crippen MR) is 76.6 cm³/mol. The minimum Gasteiger partial charge on any atom is -0.343 e. The maximum Gasteiger partial charge on any atom is 0.222 e. The van der Waals surface area contributed by atoms with E-state index in [1.165, 1.54) is 19.3 Å². The highest BCUT2D eigenvalue weighted by Crippen LogP contribution is 2.24. The Morgan fingerprint density at radius 2 is 2.06 bits per heavy atom. The van der Waals surface area contributed by atoms with Crippen molar-refractivity contribution in [1.29, 1.82) is 0 Å². The van der Waals surface area contributed by atoms with Crippen molar-refractivity contribution in [3.63, 3.8) is 0 Å². The summed E-state index contributed by atoms with van der Waals surface area (Å²) in [6, 6.07) is 0.838. The molecule has 1 saturated heterocycles. The molecule has 0 aromatic rings. The van der Waals surface area contributed by atoms with Gasteiger partial charge in [0, 0.05) is 25.6 Å². The Morgan fingerprint density at radius 1 is 1.39 bits per heavy atom. The number of hydrogen-bond acceptors (Lipinski definition) is 2. The van der Waals surface area contributed by atoms with E-state index in [4.69, 9.17) is 0 Å². The van der Waals surface area contributed by atoms with Crippen LogP contribution in [-0.4, -0.2) is 36.5 Å². The summed E-state index contributed by atoms with van der Waals surface area (Å²) < 4.78 is 0. The zero-order chi connectivity index (χ0) is 13.8. The van der Waals surface area contributed by atoms with Crippen LogP contribution in [0.1, 0.15) is 59.8 Å². The number of rotatable bonds is 4. The van der Waals surface area contributed by atoms with Gasteiger partial charge in [-0.25, -0.2) is 0 Å². The number of nitrogens with zero attached hydrogens (tertiary/aromatic N) is 1. The second-order valence-electron chi connectivity index (χ2n) is 6.73. The first-order valence-corrected chi connectivity index (χ1v) is 7.31. The molecule has 1 fully saturated rings. The highest BCUT2D eigenvalue weighted by molar-refractivity contribution is 5.76. The fourth-order valence-electron chi connectivity index (χ4n) is 2.44. The van der Waals surface area contributed by atoms with Gasteiger partial charge in [0.1, 0.15) is 0 Å². The number of hydrogen-bond donors (Lipinski definition) is 1. The van der Waals surface area contributed by atoms with Gasteiger partial charge in [0.15, 0.2) is 0 Å². The monoisotopic (exact) mass is 254 g/mol. The SMILES string of the molecule is CC(N(C)C(=O)CCC1CCCCN1)C(C)(C)C. The predicted octanol–water partition coefficient (Wildman–Crippen LogP) is 2.80. The standard InChI is InChI=1S/C15H30N2O/c1-12(15(2,3)4)17(5)14(18)10-9-13-8-6-7-11-16-13/h12-13,16H,6-11H2,1-5H3. The Morgan fingerprint density at radius 3 is 2.56 bits per heavy atom.